The van der Waals surface area contributed by atoms with E-state index in [-0.39, 0.29) is 0 Å². The van der Waals surface area contributed by atoms with Gasteiger partial charge in [-0.3, -0.25) is 0 Å². The molecule has 1 heterocycles. The Morgan fingerprint density at radius 3 is 2.57 bits per heavy atom. The third-order valence-corrected chi connectivity index (χ3v) is 2.34. The summed E-state index contributed by atoms with van der Waals surface area (Å²) in [6.07, 6.45) is 0. The van der Waals surface area contributed by atoms with Gasteiger partial charge in [-0.1, -0.05) is 16.1 Å². The number of rotatable bonds is 0. The lowest BCUT2D eigenvalue weighted by Crippen LogP contribution is -1.59. The highest BCUT2D eigenvalue weighted by Gasteiger charge is 1.96. The van der Waals surface area contributed by atoms with Crippen LogP contribution in [0.1, 0.15) is 0 Å². The molecule has 0 saturated carbocycles. The molecule has 0 fully saturated rings. The molecule has 2 nitrogen and oxygen atoms in total. The molecule has 7 heavy (non-hydrogen) atoms. The molecule has 0 unspecified atom stereocenters. The van der Waals surface area contributed by atoms with Gasteiger partial charge in [-0.15, -0.1) is 5.10 Å². The zero-order valence-electron chi connectivity index (χ0n) is 3.06. The Morgan fingerprint density at radius 1 is 1.71 bits per heavy atom. The fourth-order valence-electron chi connectivity index (χ4n) is 0.169. The van der Waals surface area contributed by atoms with Gasteiger partial charge in [0.05, 0.1) is 0 Å². The van der Waals surface area contributed by atoms with Gasteiger partial charge in [0.2, 0.25) is 0 Å². The van der Waals surface area contributed by atoms with Crippen molar-refractivity contribution >= 4 is 39.1 Å². The zero-order chi connectivity index (χ0) is 5.28. The maximum atomic E-state index is 5.41. The number of halogens is 2. The predicted molar refractivity (Wildman–Crippen MR) is 32.6 cm³/mol. The molecule has 1 aromatic rings. The Balaban J connectivity index is 3.12. The summed E-state index contributed by atoms with van der Waals surface area (Å²) in [5, 5.41) is 3.94. The average molecular weight is 199 g/mol. The Labute approximate surface area is 57.8 Å². The molecule has 0 bridgehead atoms. The molecule has 0 aromatic carbocycles. The van der Waals surface area contributed by atoms with Gasteiger partial charge in [-0.2, -0.15) is 0 Å². The molecular formula is C2BrClN2S. The van der Waals surface area contributed by atoms with Gasteiger partial charge in [-0.25, -0.2) is 0 Å². The van der Waals surface area contributed by atoms with Crippen molar-refractivity contribution in [2.24, 2.45) is 0 Å². The van der Waals surface area contributed by atoms with Gasteiger partial charge >= 0.3 is 0 Å². The maximum absolute atomic E-state index is 5.41. The van der Waals surface area contributed by atoms with E-state index in [1.54, 1.807) is 0 Å². The van der Waals surface area contributed by atoms with Crippen molar-refractivity contribution in [1.82, 2.24) is 9.59 Å². The van der Waals surface area contributed by atoms with Crippen LogP contribution in [-0.4, -0.2) is 9.59 Å². The molecular weight excluding hydrogens is 199 g/mol. The molecule has 0 aliphatic heterocycles. The van der Waals surface area contributed by atoms with Crippen molar-refractivity contribution in [2.45, 2.75) is 0 Å². The van der Waals surface area contributed by atoms with Crippen LogP contribution in [0.15, 0.2) is 3.79 Å². The quantitative estimate of drug-likeness (QED) is 0.638. The van der Waals surface area contributed by atoms with E-state index in [9.17, 15) is 0 Å². The fourth-order valence-corrected chi connectivity index (χ4v) is 0.939. The van der Waals surface area contributed by atoms with Crippen molar-refractivity contribution in [3.8, 4) is 0 Å². The van der Waals surface area contributed by atoms with Crippen molar-refractivity contribution < 1.29 is 0 Å². The van der Waals surface area contributed by atoms with E-state index in [0.29, 0.717) is 5.15 Å². The minimum atomic E-state index is 0.435. The number of aromatic nitrogens is 2. The monoisotopic (exact) mass is 198 g/mol. The summed E-state index contributed by atoms with van der Waals surface area (Å²) in [5.41, 5.74) is 0. The lowest BCUT2D eigenvalue weighted by Gasteiger charge is -1.68. The van der Waals surface area contributed by atoms with Crippen LogP contribution < -0.4 is 0 Å². The minimum absolute atomic E-state index is 0.435. The summed E-state index contributed by atoms with van der Waals surface area (Å²) in [4.78, 5) is 0. The first kappa shape index (κ1) is 5.47. The van der Waals surface area contributed by atoms with Crippen LogP contribution in [0, 0.1) is 0 Å². The maximum Gasteiger partial charge on any atom is 0.178 e. The number of hydrogen-bond donors (Lipinski definition) is 0. The molecule has 0 N–H and O–H groups in total. The molecule has 1 rings (SSSR count). The molecule has 5 heteroatoms. The summed E-state index contributed by atoms with van der Waals surface area (Å²) in [5.74, 6) is 0. The lowest BCUT2D eigenvalue weighted by molar-refractivity contribution is 1.15. The first-order chi connectivity index (χ1) is 3.30. The first-order valence-corrected chi connectivity index (χ1v) is 3.38. The summed E-state index contributed by atoms with van der Waals surface area (Å²) < 4.78 is 4.32. The van der Waals surface area contributed by atoms with Gasteiger partial charge in [0.1, 0.15) is 3.79 Å². The van der Waals surface area contributed by atoms with Gasteiger partial charge in [0, 0.05) is 0 Å². The SMILES string of the molecule is Clc1nnsc1Br. The normalized spacial score (nSPS) is 9.43. The Bertz CT molecular complexity index is 148. The standard InChI is InChI=1S/C2BrClN2S/c3-1-2(4)5-6-7-1. The molecule has 0 spiro atoms. The van der Waals surface area contributed by atoms with Crippen LogP contribution in [-0.2, 0) is 0 Å². The minimum Gasteiger partial charge on any atom is -0.125 e. The van der Waals surface area contributed by atoms with E-state index in [4.69, 9.17) is 11.6 Å². The third-order valence-electron chi connectivity index (χ3n) is 0.412. The Morgan fingerprint density at radius 2 is 2.43 bits per heavy atom. The van der Waals surface area contributed by atoms with Crippen LogP contribution >= 0.6 is 39.1 Å². The molecule has 0 aliphatic rings. The molecule has 0 radical (unpaired) electrons. The molecule has 38 valence electrons. The molecule has 0 amide bonds. The van der Waals surface area contributed by atoms with Crippen molar-refractivity contribution in [2.75, 3.05) is 0 Å². The highest BCUT2D eigenvalue weighted by molar-refractivity contribution is 9.11. The van der Waals surface area contributed by atoms with Crippen LogP contribution in [0.25, 0.3) is 0 Å². The number of hydrogen-bond acceptors (Lipinski definition) is 3. The molecule has 0 aliphatic carbocycles. The zero-order valence-corrected chi connectivity index (χ0v) is 6.22. The van der Waals surface area contributed by atoms with E-state index in [1.165, 1.54) is 11.5 Å². The van der Waals surface area contributed by atoms with E-state index < -0.39 is 0 Å². The summed E-state index contributed by atoms with van der Waals surface area (Å²) in [7, 11) is 0. The average Bonchev–Trinajstić information content (AvgIpc) is 1.91. The highest BCUT2D eigenvalue weighted by Crippen LogP contribution is 2.21. The van der Waals surface area contributed by atoms with E-state index in [1.807, 2.05) is 0 Å². The van der Waals surface area contributed by atoms with E-state index in [0.717, 1.165) is 3.79 Å². The van der Waals surface area contributed by atoms with Crippen molar-refractivity contribution in [3.63, 3.8) is 0 Å². The summed E-state index contributed by atoms with van der Waals surface area (Å²) in [6, 6.07) is 0. The first-order valence-electron chi connectivity index (χ1n) is 1.44. The lowest BCUT2D eigenvalue weighted by atomic mass is 11.0. The van der Waals surface area contributed by atoms with Crippen LogP contribution in [0.3, 0.4) is 0 Å². The largest absolute Gasteiger partial charge is 0.178 e. The van der Waals surface area contributed by atoms with Crippen LogP contribution in [0.5, 0.6) is 0 Å². The van der Waals surface area contributed by atoms with Gasteiger partial charge in [-0.05, 0) is 27.5 Å². The fraction of sp³-hybridized carbons (Fsp3) is 0. The van der Waals surface area contributed by atoms with Gasteiger partial charge in [0.15, 0.2) is 5.15 Å². The molecule has 0 saturated heterocycles. The Hall–Kier alpha value is 0.330. The molecule has 0 atom stereocenters. The van der Waals surface area contributed by atoms with Crippen molar-refractivity contribution in [1.29, 1.82) is 0 Å². The number of nitrogens with zero attached hydrogens (tertiary/aromatic N) is 2. The summed E-state index contributed by atoms with van der Waals surface area (Å²) in [6.45, 7) is 0. The van der Waals surface area contributed by atoms with Gasteiger partial charge in [0.25, 0.3) is 0 Å². The Kier molecular flexibility index (Phi) is 1.61. The highest BCUT2D eigenvalue weighted by atomic mass is 79.9. The van der Waals surface area contributed by atoms with Crippen molar-refractivity contribution in [3.05, 3.63) is 8.94 Å². The predicted octanol–water partition coefficient (Wildman–Crippen LogP) is 1.95. The second-order valence-corrected chi connectivity index (χ2v) is 3.27. The van der Waals surface area contributed by atoms with Gasteiger partial charge < -0.3 is 0 Å². The summed E-state index contributed by atoms with van der Waals surface area (Å²) >= 11 is 9.77. The second kappa shape index (κ2) is 2.07. The van der Waals surface area contributed by atoms with E-state index >= 15 is 0 Å². The third kappa shape index (κ3) is 1.11. The van der Waals surface area contributed by atoms with Crippen LogP contribution in [0.4, 0.5) is 0 Å². The molecule has 1 aromatic heterocycles. The topological polar surface area (TPSA) is 25.8 Å². The smallest absolute Gasteiger partial charge is 0.125 e. The second-order valence-electron chi connectivity index (χ2n) is 0.837. The van der Waals surface area contributed by atoms with E-state index in [2.05, 4.69) is 25.5 Å². The van der Waals surface area contributed by atoms with Crippen LogP contribution in [0.2, 0.25) is 5.15 Å².